The van der Waals surface area contributed by atoms with Crippen molar-refractivity contribution in [3.8, 4) is 0 Å². The summed E-state index contributed by atoms with van der Waals surface area (Å²) in [5.74, 6) is 0.348. The van der Waals surface area contributed by atoms with Crippen LogP contribution in [0.25, 0.3) is 0 Å². The molecule has 4 heteroatoms. The highest BCUT2D eigenvalue weighted by molar-refractivity contribution is 5.66. The molecule has 2 bridgehead atoms. The van der Waals surface area contributed by atoms with Gasteiger partial charge in [0.2, 0.25) is 0 Å². The Kier molecular flexibility index (Phi) is 8.54. The fourth-order valence-corrected chi connectivity index (χ4v) is 3.80. The molecule has 2 fully saturated rings. The Balaban J connectivity index is 1.69. The van der Waals surface area contributed by atoms with Crippen LogP contribution in [0.5, 0.6) is 0 Å². The lowest BCUT2D eigenvalue weighted by atomic mass is 9.78. The smallest absolute Gasteiger partial charge is 0.303 e. The van der Waals surface area contributed by atoms with Crippen molar-refractivity contribution >= 4 is 5.97 Å². The first-order valence-corrected chi connectivity index (χ1v) is 9.47. The van der Waals surface area contributed by atoms with Gasteiger partial charge < -0.3 is 14.6 Å². The van der Waals surface area contributed by atoms with Gasteiger partial charge in [-0.2, -0.15) is 0 Å². The maximum absolute atomic E-state index is 10.5. The maximum Gasteiger partial charge on any atom is 0.303 e. The number of rotatable bonds is 12. The number of carbonyl (C=O) groups is 1. The lowest BCUT2D eigenvalue weighted by Gasteiger charge is -2.26. The Morgan fingerprint density at radius 3 is 2.62 bits per heavy atom. The standard InChI is InChI=1S/C20H32O4/c1-2-3-4-9-14-23-15-17-16(18-12-13-19(17)24-18)10-7-5-6-8-11-20(21)22/h4-5,7,9,16-19H,2-3,6,8,10-15H2,1H3,(H,21,22)/b7-5-,9-4+. The molecule has 2 aliphatic heterocycles. The van der Waals surface area contributed by atoms with E-state index < -0.39 is 5.97 Å². The van der Waals surface area contributed by atoms with Crippen molar-refractivity contribution in [3.05, 3.63) is 24.3 Å². The van der Waals surface area contributed by atoms with E-state index in [1.807, 2.05) is 0 Å². The highest BCUT2D eigenvalue weighted by Gasteiger charge is 2.47. The minimum atomic E-state index is -0.713. The zero-order chi connectivity index (χ0) is 17.2. The second-order valence-electron chi connectivity index (χ2n) is 6.91. The van der Waals surface area contributed by atoms with Gasteiger partial charge in [0.05, 0.1) is 25.4 Å². The Labute approximate surface area is 145 Å². The van der Waals surface area contributed by atoms with Crippen molar-refractivity contribution in [3.63, 3.8) is 0 Å². The molecule has 0 spiro atoms. The van der Waals surface area contributed by atoms with Crippen molar-refractivity contribution in [1.29, 1.82) is 0 Å². The number of allylic oxidation sites excluding steroid dienone is 3. The minimum Gasteiger partial charge on any atom is -0.481 e. The van der Waals surface area contributed by atoms with Gasteiger partial charge in [-0.1, -0.05) is 37.6 Å². The van der Waals surface area contributed by atoms with Crippen LogP contribution in [0.15, 0.2) is 24.3 Å². The number of fused-ring (bicyclic) bond motifs is 2. The second-order valence-corrected chi connectivity index (χ2v) is 6.91. The topological polar surface area (TPSA) is 55.8 Å². The normalized spacial score (nSPS) is 29.2. The van der Waals surface area contributed by atoms with Crippen LogP contribution in [0, 0.1) is 11.8 Å². The Bertz CT molecular complexity index is 429. The van der Waals surface area contributed by atoms with Crippen molar-refractivity contribution < 1.29 is 19.4 Å². The number of carboxylic acid groups (broad SMARTS) is 1. The summed E-state index contributed by atoms with van der Waals surface area (Å²) in [7, 11) is 0. The van der Waals surface area contributed by atoms with E-state index in [1.165, 1.54) is 19.3 Å². The Morgan fingerprint density at radius 1 is 1.12 bits per heavy atom. The van der Waals surface area contributed by atoms with Crippen molar-refractivity contribution in [2.75, 3.05) is 13.2 Å². The highest BCUT2D eigenvalue weighted by atomic mass is 16.5. The first kappa shape index (κ1) is 19.2. The van der Waals surface area contributed by atoms with E-state index in [0.29, 0.717) is 30.7 Å². The fraction of sp³-hybridized carbons (Fsp3) is 0.750. The van der Waals surface area contributed by atoms with Gasteiger partial charge in [-0.25, -0.2) is 0 Å². The minimum absolute atomic E-state index is 0.254. The summed E-state index contributed by atoms with van der Waals surface area (Å²) in [6.45, 7) is 3.67. The zero-order valence-corrected chi connectivity index (χ0v) is 14.9. The van der Waals surface area contributed by atoms with Crippen LogP contribution >= 0.6 is 0 Å². The number of hydrogen-bond donors (Lipinski definition) is 1. The number of ether oxygens (including phenoxy) is 2. The third-order valence-corrected chi connectivity index (χ3v) is 5.07. The van der Waals surface area contributed by atoms with Crippen LogP contribution in [-0.4, -0.2) is 36.5 Å². The van der Waals surface area contributed by atoms with Crippen LogP contribution < -0.4 is 0 Å². The molecule has 24 heavy (non-hydrogen) atoms. The highest BCUT2D eigenvalue weighted by Crippen LogP contribution is 2.45. The predicted molar refractivity (Wildman–Crippen MR) is 95.0 cm³/mol. The number of aliphatic carboxylic acids is 1. The number of carboxylic acids is 1. The molecular weight excluding hydrogens is 304 g/mol. The predicted octanol–water partition coefficient (Wildman–Crippen LogP) is 4.35. The summed E-state index contributed by atoms with van der Waals surface area (Å²) in [6.07, 6.45) is 16.9. The van der Waals surface area contributed by atoms with Gasteiger partial charge in [0.15, 0.2) is 0 Å². The molecule has 4 nitrogen and oxygen atoms in total. The summed E-state index contributed by atoms with van der Waals surface area (Å²) in [5.41, 5.74) is 0. The molecule has 2 saturated heterocycles. The molecule has 2 aliphatic rings. The largest absolute Gasteiger partial charge is 0.481 e. The van der Waals surface area contributed by atoms with E-state index in [9.17, 15) is 4.79 Å². The Hall–Kier alpha value is -1.13. The summed E-state index contributed by atoms with van der Waals surface area (Å²) < 4.78 is 12.0. The van der Waals surface area contributed by atoms with Crippen LogP contribution in [0.2, 0.25) is 0 Å². The van der Waals surface area contributed by atoms with Gasteiger partial charge in [0.1, 0.15) is 0 Å². The SMILES string of the molecule is CCC/C=C/COCC1C2CCC(O2)C1C/C=C\CCCC(=O)O. The van der Waals surface area contributed by atoms with Crippen molar-refractivity contribution in [2.24, 2.45) is 11.8 Å². The van der Waals surface area contributed by atoms with Crippen LogP contribution in [0.1, 0.15) is 58.3 Å². The lowest BCUT2D eigenvalue weighted by molar-refractivity contribution is -0.137. The molecule has 4 atom stereocenters. The van der Waals surface area contributed by atoms with Gasteiger partial charge in [0, 0.05) is 12.3 Å². The average molecular weight is 336 g/mol. The molecule has 4 unspecified atom stereocenters. The molecule has 0 aliphatic carbocycles. The molecule has 0 aromatic carbocycles. The molecular formula is C20H32O4. The van der Waals surface area contributed by atoms with Crippen LogP contribution in [-0.2, 0) is 14.3 Å². The third-order valence-electron chi connectivity index (χ3n) is 5.07. The van der Waals surface area contributed by atoms with Crippen molar-refractivity contribution in [2.45, 2.75) is 70.5 Å². The zero-order valence-electron chi connectivity index (χ0n) is 14.9. The molecule has 0 radical (unpaired) electrons. The average Bonchev–Trinajstić information content (AvgIpc) is 3.15. The molecule has 0 aromatic heterocycles. The second kappa shape index (κ2) is 10.7. The maximum atomic E-state index is 10.5. The molecule has 2 heterocycles. The molecule has 0 aromatic rings. The van der Waals surface area contributed by atoms with Gasteiger partial charge >= 0.3 is 5.97 Å². The number of hydrogen-bond acceptors (Lipinski definition) is 3. The molecule has 0 saturated carbocycles. The van der Waals surface area contributed by atoms with E-state index in [1.54, 1.807) is 0 Å². The third kappa shape index (κ3) is 6.06. The van der Waals surface area contributed by atoms with Crippen LogP contribution in [0.3, 0.4) is 0 Å². The number of unbranched alkanes of at least 4 members (excludes halogenated alkanes) is 2. The van der Waals surface area contributed by atoms with Gasteiger partial charge in [-0.3, -0.25) is 4.79 Å². The quantitative estimate of drug-likeness (QED) is 0.425. The fourth-order valence-electron chi connectivity index (χ4n) is 3.80. The summed E-state index contributed by atoms with van der Waals surface area (Å²) >= 11 is 0. The van der Waals surface area contributed by atoms with Gasteiger partial charge in [-0.05, 0) is 44.4 Å². The van der Waals surface area contributed by atoms with Gasteiger partial charge in [0.25, 0.3) is 0 Å². The van der Waals surface area contributed by atoms with Gasteiger partial charge in [-0.15, -0.1) is 0 Å². The first-order valence-electron chi connectivity index (χ1n) is 9.47. The molecule has 0 amide bonds. The van der Waals surface area contributed by atoms with E-state index in [2.05, 4.69) is 31.2 Å². The summed E-state index contributed by atoms with van der Waals surface area (Å²) in [6, 6.07) is 0. The summed E-state index contributed by atoms with van der Waals surface area (Å²) in [5, 5.41) is 8.64. The monoisotopic (exact) mass is 336 g/mol. The molecule has 2 rings (SSSR count). The van der Waals surface area contributed by atoms with E-state index in [4.69, 9.17) is 14.6 Å². The van der Waals surface area contributed by atoms with E-state index in [-0.39, 0.29) is 6.42 Å². The van der Waals surface area contributed by atoms with Crippen LogP contribution in [0.4, 0.5) is 0 Å². The first-order chi connectivity index (χ1) is 11.7. The van der Waals surface area contributed by atoms with E-state index in [0.717, 1.165) is 32.3 Å². The lowest BCUT2D eigenvalue weighted by Crippen LogP contribution is -2.30. The molecule has 1 N–H and O–H groups in total. The van der Waals surface area contributed by atoms with E-state index >= 15 is 0 Å². The summed E-state index contributed by atoms with van der Waals surface area (Å²) in [4.78, 5) is 10.5. The molecule has 136 valence electrons. The Morgan fingerprint density at radius 2 is 1.88 bits per heavy atom. The van der Waals surface area contributed by atoms with Crippen molar-refractivity contribution in [1.82, 2.24) is 0 Å².